The average molecular weight is 468 g/mol. The molecule has 4 N–H and O–H groups in total. The molecule has 2 aliphatic rings. The second kappa shape index (κ2) is 12.2. The number of carbonyl (C=O) groups excluding carboxylic acids is 5. The van der Waals surface area contributed by atoms with Gasteiger partial charge in [-0.3, -0.25) is 19.4 Å². The number of nitrogens with zero attached hydrogens (tertiary/aromatic N) is 1. The first-order chi connectivity index (χ1) is 15.6. The summed E-state index contributed by atoms with van der Waals surface area (Å²) >= 11 is 0. The van der Waals surface area contributed by atoms with E-state index in [1.807, 2.05) is 13.8 Å². The van der Waals surface area contributed by atoms with E-state index >= 15 is 0 Å². The van der Waals surface area contributed by atoms with Gasteiger partial charge >= 0.3 is 12.1 Å². The largest absolute Gasteiger partial charge is 0.461 e. The van der Waals surface area contributed by atoms with Crippen LogP contribution in [-0.2, 0) is 28.7 Å². The van der Waals surface area contributed by atoms with Crippen molar-refractivity contribution in [1.82, 2.24) is 26.4 Å². The van der Waals surface area contributed by atoms with E-state index in [0.717, 1.165) is 0 Å². The molecule has 0 aromatic carbocycles. The van der Waals surface area contributed by atoms with Crippen LogP contribution >= 0.6 is 0 Å². The van der Waals surface area contributed by atoms with Crippen LogP contribution in [0.1, 0.15) is 40.0 Å². The Balaban J connectivity index is 2.33. The van der Waals surface area contributed by atoms with Crippen molar-refractivity contribution in [2.24, 2.45) is 5.92 Å². The summed E-state index contributed by atoms with van der Waals surface area (Å²) in [7, 11) is 0. The molecule has 0 aromatic rings. The average Bonchev–Trinajstić information content (AvgIpc) is 2.78. The highest BCUT2D eigenvalue weighted by atomic mass is 16.6. The predicted molar refractivity (Wildman–Crippen MR) is 116 cm³/mol. The fourth-order valence-corrected chi connectivity index (χ4v) is 3.51. The maximum Gasteiger partial charge on any atom is 0.408 e. The van der Waals surface area contributed by atoms with Crippen molar-refractivity contribution in [3.05, 3.63) is 12.7 Å². The van der Waals surface area contributed by atoms with Gasteiger partial charge in [0.05, 0.1) is 0 Å². The first-order valence-electron chi connectivity index (χ1n) is 11.0. The van der Waals surface area contributed by atoms with Crippen molar-refractivity contribution >= 4 is 29.8 Å². The van der Waals surface area contributed by atoms with E-state index in [1.54, 1.807) is 0 Å². The predicted octanol–water partition coefficient (Wildman–Crippen LogP) is -0.645. The SMILES string of the molecule is C=CCOC(=O)NC1COC(=O)[C@@H]2CCCNN2C(=O)[C@H](C)NC(=O)C(CC(C)C)NC1=O. The molecule has 2 aliphatic heterocycles. The van der Waals surface area contributed by atoms with Gasteiger partial charge in [-0.05, 0) is 32.1 Å². The molecular weight excluding hydrogens is 434 g/mol. The van der Waals surface area contributed by atoms with Crippen molar-refractivity contribution in [2.45, 2.75) is 64.2 Å². The maximum atomic E-state index is 12.9. The van der Waals surface area contributed by atoms with E-state index in [9.17, 15) is 24.0 Å². The van der Waals surface area contributed by atoms with Gasteiger partial charge in [-0.15, -0.1) is 0 Å². The Morgan fingerprint density at radius 3 is 2.67 bits per heavy atom. The van der Waals surface area contributed by atoms with Crippen LogP contribution in [0.4, 0.5) is 4.79 Å². The van der Waals surface area contributed by atoms with Gasteiger partial charge in [0, 0.05) is 6.54 Å². The summed E-state index contributed by atoms with van der Waals surface area (Å²) in [6.07, 6.45) is 1.70. The summed E-state index contributed by atoms with van der Waals surface area (Å²) in [5.74, 6) is -2.47. The van der Waals surface area contributed by atoms with E-state index < -0.39 is 60.6 Å². The lowest BCUT2D eigenvalue weighted by Crippen LogP contribution is -2.61. The van der Waals surface area contributed by atoms with Gasteiger partial charge < -0.3 is 25.4 Å². The number of cyclic esters (lactones) is 1. The third kappa shape index (κ3) is 7.45. The van der Waals surface area contributed by atoms with Crippen LogP contribution in [0.15, 0.2) is 12.7 Å². The zero-order valence-corrected chi connectivity index (χ0v) is 19.2. The van der Waals surface area contributed by atoms with Gasteiger partial charge in [-0.1, -0.05) is 26.5 Å². The number of amides is 4. The van der Waals surface area contributed by atoms with E-state index in [0.29, 0.717) is 19.4 Å². The first kappa shape index (κ1) is 26.1. The molecule has 0 saturated carbocycles. The summed E-state index contributed by atoms with van der Waals surface area (Å²) < 4.78 is 10.2. The van der Waals surface area contributed by atoms with Crippen LogP contribution in [0.2, 0.25) is 0 Å². The first-order valence-corrected chi connectivity index (χ1v) is 11.0. The minimum absolute atomic E-state index is 0.0395. The van der Waals surface area contributed by atoms with Crippen molar-refractivity contribution in [1.29, 1.82) is 0 Å². The Morgan fingerprint density at radius 2 is 2.00 bits per heavy atom. The van der Waals surface area contributed by atoms with E-state index in [2.05, 4.69) is 28.0 Å². The Kier molecular flexibility index (Phi) is 9.64. The minimum Gasteiger partial charge on any atom is -0.461 e. The summed E-state index contributed by atoms with van der Waals surface area (Å²) in [5.41, 5.74) is 2.88. The molecule has 12 nitrogen and oxygen atoms in total. The van der Waals surface area contributed by atoms with Gasteiger partial charge in [-0.2, -0.15) is 0 Å². The Labute approximate surface area is 192 Å². The molecule has 0 radical (unpaired) electrons. The monoisotopic (exact) mass is 467 g/mol. The third-order valence-electron chi connectivity index (χ3n) is 5.16. The summed E-state index contributed by atoms with van der Waals surface area (Å²) in [4.78, 5) is 63.6. The van der Waals surface area contributed by atoms with Crippen LogP contribution in [-0.4, -0.2) is 78.7 Å². The van der Waals surface area contributed by atoms with Crippen LogP contribution in [0.3, 0.4) is 0 Å². The van der Waals surface area contributed by atoms with Crippen molar-refractivity contribution in [2.75, 3.05) is 19.8 Å². The molecular formula is C21H33N5O7. The van der Waals surface area contributed by atoms with Crippen LogP contribution in [0.5, 0.6) is 0 Å². The number of nitrogens with one attached hydrogen (secondary N) is 4. The van der Waals surface area contributed by atoms with Gasteiger partial charge in [0.2, 0.25) is 11.8 Å². The topological polar surface area (TPSA) is 155 Å². The molecule has 0 aliphatic carbocycles. The Morgan fingerprint density at radius 1 is 1.27 bits per heavy atom. The lowest BCUT2D eigenvalue weighted by molar-refractivity contribution is -0.161. The molecule has 0 bridgehead atoms. The number of rotatable bonds is 5. The number of esters is 1. The second-order valence-electron chi connectivity index (χ2n) is 8.41. The van der Waals surface area contributed by atoms with E-state index in [4.69, 9.17) is 9.47 Å². The zero-order valence-electron chi connectivity index (χ0n) is 19.2. The fraction of sp³-hybridized carbons (Fsp3) is 0.667. The van der Waals surface area contributed by atoms with Gasteiger partial charge in [-0.25, -0.2) is 15.0 Å². The Hall–Kier alpha value is -3.15. The number of ether oxygens (including phenoxy) is 2. The van der Waals surface area contributed by atoms with Gasteiger partial charge in [0.1, 0.15) is 37.4 Å². The number of fused-ring (bicyclic) bond motifs is 1. The van der Waals surface area contributed by atoms with Crippen molar-refractivity contribution < 1.29 is 33.4 Å². The quantitative estimate of drug-likeness (QED) is 0.307. The maximum absolute atomic E-state index is 12.9. The fourth-order valence-electron chi connectivity index (χ4n) is 3.51. The van der Waals surface area contributed by atoms with Crippen molar-refractivity contribution in [3.8, 4) is 0 Å². The molecule has 0 spiro atoms. The normalized spacial score (nSPS) is 27.1. The molecule has 33 heavy (non-hydrogen) atoms. The highest BCUT2D eigenvalue weighted by Gasteiger charge is 2.38. The molecule has 2 fully saturated rings. The third-order valence-corrected chi connectivity index (χ3v) is 5.16. The molecule has 2 unspecified atom stereocenters. The zero-order chi connectivity index (χ0) is 24.5. The highest BCUT2D eigenvalue weighted by molar-refractivity contribution is 5.95. The van der Waals surface area contributed by atoms with Crippen molar-refractivity contribution in [3.63, 3.8) is 0 Å². The van der Waals surface area contributed by atoms with Crippen LogP contribution < -0.4 is 21.4 Å². The molecule has 2 heterocycles. The molecule has 0 aromatic heterocycles. The van der Waals surface area contributed by atoms with E-state index in [1.165, 1.54) is 18.0 Å². The van der Waals surface area contributed by atoms with Crippen LogP contribution in [0, 0.1) is 5.92 Å². The summed E-state index contributed by atoms with van der Waals surface area (Å²) in [6.45, 7) is 8.60. The number of carbonyl (C=O) groups is 5. The number of hydrazine groups is 1. The lowest BCUT2D eigenvalue weighted by atomic mass is 10.0. The minimum atomic E-state index is -1.31. The standard InChI is InChI=1S/C21H33N5O7/c1-5-9-32-21(31)25-15-11-33-20(30)16-7-6-8-22-26(16)19(29)13(4)23-17(27)14(10-12(2)3)24-18(15)28/h5,12-16,22H,1,6-11H2,2-4H3,(H,23,27)(H,24,28)(H,25,31)/t13-,14?,15?,16-/m0/s1. The molecule has 12 heteroatoms. The summed E-state index contributed by atoms with van der Waals surface area (Å²) in [5, 5.41) is 8.72. The summed E-state index contributed by atoms with van der Waals surface area (Å²) in [6, 6.07) is -4.17. The number of alkyl carbamates (subject to hydrolysis) is 1. The second-order valence-corrected chi connectivity index (χ2v) is 8.41. The van der Waals surface area contributed by atoms with Gasteiger partial charge in [0.15, 0.2) is 0 Å². The highest BCUT2D eigenvalue weighted by Crippen LogP contribution is 2.15. The molecule has 2 rings (SSSR count). The molecule has 184 valence electrons. The molecule has 4 atom stereocenters. The lowest BCUT2D eigenvalue weighted by Gasteiger charge is -2.36. The smallest absolute Gasteiger partial charge is 0.408 e. The molecule has 2 saturated heterocycles. The van der Waals surface area contributed by atoms with E-state index in [-0.39, 0.29) is 18.9 Å². The Bertz CT molecular complexity index is 772. The number of hydrogen-bond donors (Lipinski definition) is 4. The number of hydrogen-bond acceptors (Lipinski definition) is 8. The molecule has 4 amide bonds. The van der Waals surface area contributed by atoms with Crippen LogP contribution in [0.25, 0.3) is 0 Å². The van der Waals surface area contributed by atoms with Gasteiger partial charge in [0.25, 0.3) is 5.91 Å².